The van der Waals surface area contributed by atoms with Gasteiger partial charge in [-0.05, 0) is 30.9 Å². The van der Waals surface area contributed by atoms with Gasteiger partial charge in [-0.3, -0.25) is 4.79 Å². The summed E-state index contributed by atoms with van der Waals surface area (Å²) in [6.45, 7) is 2.84. The van der Waals surface area contributed by atoms with Gasteiger partial charge in [-0.15, -0.1) is 0 Å². The molecule has 0 spiro atoms. The lowest BCUT2D eigenvalue weighted by Crippen LogP contribution is -2.08. The Labute approximate surface area is 102 Å². The summed E-state index contributed by atoms with van der Waals surface area (Å²) in [5.41, 5.74) is 0.644. The summed E-state index contributed by atoms with van der Waals surface area (Å²) in [5, 5.41) is 0. The smallest absolute Gasteiger partial charge is 0.189 e. The van der Waals surface area contributed by atoms with Gasteiger partial charge >= 0.3 is 0 Å². The van der Waals surface area contributed by atoms with E-state index in [0.29, 0.717) is 17.7 Å². The molecule has 2 rings (SSSR count). The van der Waals surface area contributed by atoms with Gasteiger partial charge in [0.25, 0.3) is 0 Å². The molecule has 0 aliphatic heterocycles. The van der Waals surface area contributed by atoms with Gasteiger partial charge in [0.2, 0.25) is 0 Å². The van der Waals surface area contributed by atoms with Crippen LogP contribution in [0.25, 0.3) is 0 Å². The van der Waals surface area contributed by atoms with Gasteiger partial charge in [-0.1, -0.05) is 19.1 Å². The molecule has 3 heteroatoms. The molecule has 0 bridgehead atoms. The van der Waals surface area contributed by atoms with Crippen molar-refractivity contribution in [3.05, 3.63) is 29.8 Å². The fraction of sp³-hybridized carbons (Fsp3) is 0.500. The van der Waals surface area contributed by atoms with E-state index in [4.69, 9.17) is 9.47 Å². The molecule has 0 saturated heterocycles. The number of carbonyl (C=O) groups is 1. The minimum atomic E-state index is 0.0998. The molecule has 1 fully saturated rings. The van der Waals surface area contributed by atoms with Gasteiger partial charge < -0.3 is 9.47 Å². The lowest BCUT2D eigenvalue weighted by molar-refractivity contribution is 0.00958. The molecule has 0 radical (unpaired) electrons. The van der Waals surface area contributed by atoms with E-state index >= 15 is 0 Å². The van der Waals surface area contributed by atoms with E-state index in [-0.39, 0.29) is 12.6 Å². The van der Waals surface area contributed by atoms with Crippen LogP contribution in [0.5, 0.6) is 5.75 Å². The van der Waals surface area contributed by atoms with Crippen LogP contribution in [0, 0.1) is 5.92 Å². The molecule has 0 N–H and O–H groups in total. The number of para-hydroxylation sites is 1. The Bertz CT molecular complexity index is 383. The monoisotopic (exact) mass is 234 g/mol. The van der Waals surface area contributed by atoms with Crippen molar-refractivity contribution in [2.75, 3.05) is 13.4 Å². The van der Waals surface area contributed by atoms with Gasteiger partial charge in [0.1, 0.15) is 5.75 Å². The van der Waals surface area contributed by atoms with Crippen molar-refractivity contribution in [2.24, 2.45) is 5.92 Å². The summed E-state index contributed by atoms with van der Waals surface area (Å²) < 4.78 is 10.9. The first-order valence-corrected chi connectivity index (χ1v) is 6.14. The highest BCUT2D eigenvalue weighted by Crippen LogP contribution is 2.28. The molecular formula is C14H18O3. The SMILES string of the molecule is CCC(=O)c1ccccc1OCOCC1CC1. The van der Waals surface area contributed by atoms with Gasteiger partial charge in [0.05, 0.1) is 12.2 Å². The fourth-order valence-electron chi connectivity index (χ4n) is 1.62. The van der Waals surface area contributed by atoms with Crippen LogP contribution >= 0.6 is 0 Å². The number of hydrogen-bond acceptors (Lipinski definition) is 3. The van der Waals surface area contributed by atoms with Crippen LogP contribution in [0.2, 0.25) is 0 Å². The second-order valence-electron chi connectivity index (χ2n) is 4.35. The van der Waals surface area contributed by atoms with E-state index in [9.17, 15) is 4.79 Å². The Balaban J connectivity index is 1.87. The maximum Gasteiger partial charge on any atom is 0.189 e. The molecule has 0 atom stereocenters. The lowest BCUT2D eigenvalue weighted by atomic mass is 10.1. The summed E-state index contributed by atoms with van der Waals surface area (Å²) in [5.74, 6) is 1.45. The predicted octanol–water partition coefficient (Wildman–Crippen LogP) is 3.04. The summed E-state index contributed by atoms with van der Waals surface area (Å²) in [7, 11) is 0. The number of Topliss-reactive ketones (excluding diaryl/α,β-unsaturated/α-hetero) is 1. The zero-order chi connectivity index (χ0) is 12.1. The maximum absolute atomic E-state index is 11.7. The second kappa shape index (κ2) is 5.82. The average Bonchev–Trinajstić information content (AvgIpc) is 3.18. The Morgan fingerprint density at radius 1 is 1.35 bits per heavy atom. The van der Waals surface area contributed by atoms with Crippen LogP contribution in [0.4, 0.5) is 0 Å². The van der Waals surface area contributed by atoms with Crippen molar-refractivity contribution in [2.45, 2.75) is 26.2 Å². The first-order valence-electron chi connectivity index (χ1n) is 6.14. The minimum Gasteiger partial charge on any atom is -0.467 e. The summed E-state index contributed by atoms with van der Waals surface area (Å²) >= 11 is 0. The van der Waals surface area contributed by atoms with Crippen molar-refractivity contribution >= 4 is 5.78 Å². The average molecular weight is 234 g/mol. The van der Waals surface area contributed by atoms with E-state index < -0.39 is 0 Å². The molecule has 1 aliphatic carbocycles. The maximum atomic E-state index is 11.7. The summed E-state index contributed by atoms with van der Waals surface area (Å²) in [4.78, 5) is 11.7. The molecule has 0 unspecified atom stereocenters. The number of carbonyl (C=O) groups excluding carboxylic acids is 1. The van der Waals surface area contributed by atoms with Crippen LogP contribution in [0.1, 0.15) is 36.5 Å². The molecule has 1 aromatic carbocycles. The zero-order valence-corrected chi connectivity index (χ0v) is 10.1. The molecule has 3 nitrogen and oxygen atoms in total. The topological polar surface area (TPSA) is 35.5 Å². The highest BCUT2D eigenvalue weighted by atomic mass is 16.7. The highest BCUT2D eigenvalue weighted by molar-refractivity contribution is 5.98. The number of ketones is 1. The van der Waals surface area contributed by atoms with E-state index in [1.54, 1.807) is 6.07 Å². The number of rotatable bonds is 7. The second-order valence-corrected chi connectivity index (χ2v) is 4.35. The molecular weight excluding hydrogens is 216 g/mol. The normalized spacial score (nSPS) is 14.6. The third-order valence-corrected chi connectivity index (χ3v) is 2.86. The lowest BCUT2D eigenvalue weighted by Gasteiger charge is -2.10. The Morgan fingerprint density at radius 3 is 2.82 bits per heavy atom. The van der Waals surface area contributed by atoms with Crippen LogP contribution in [-0.2, 0) is 4.74 Å². The van der Waals surface area contributed by atoms with Crippen molar-refractivity contribution in [3.63, 3.8) is 0 Å². The highest BCUT2D eigenvalue weighted by Gasteiger charge is 2.21. The standard InChI is InChI=1S/C14H18O3/c1-2-13(15)12-5-3-4-6-14(12)17-10-16-9-11-7-8-11/h3-6,11H,2,7-10H2,1H3. The molecule has 1 aromatic rings. The summed E-state index contributed by atoms with van der Waals surface area (Å²) in [6, 6.07) is 7.31. The van der Waals surface area contributed by atoms with Crippen molar-refractivity contribution < 1.29 is 14.3 Å². The Morgan fingerprint density at radius 2 is 2.12 bits per heavy atom. The van der Waals surface area contributed by atoms with Gasteiger partial charge in [-0.25, -0.2) is 0 Å². The predicted molar refractivity (Wildman–Crippen MR) is 65.2 cm³/mol. The van der Waals surface area contributed by atoms with Crippen LogP contribution < -0.4 is 4.74 Å². The summed E-state index contributed by atoms with van der Waals surface area (Å²) in [6.07, 6.45) is 3.03. The van der Waals surface area contributed by atoms with Gasteiger partial charge in [0, 0.05) is 6.42 Å². The first-order chi connectivity index (χ1) is 8.31. The van der Waals surface area contributed by atoms with E-state index in [2.05, 4.69) is 0 Å². The zero-order valence-electron chi connectivity index (χ0n) is 10.1. The van der Waals surface area contributed by atoms with E-state index in [1.165, 1.54) is 12.8 Å². The van der Waals surface area contributed by atoms with Crippen LogP contribution in [0.3, 0.4) is 0 Å². The van der Waals surface area contributed by atoms with Gasteiger partial charge in [0.15, 0.2) is 12.6 Å². The molecule has 0 amide bonds. The Kier molecular flexibility index (Phi) is 4.15. The molecule has 1 aliphatic rings. The van der Waals surface area contributed by atoms with Crippen LogP contribution in [-0.4, -0.2) is 19.2 Å². The van der Waals surface area contributed by atoms with Crippen molar-refractivity contribution in [1.82, 2.24) is 0 Å². The molecule has 0 heterocycles. The molecule has 1 saturated carbocycles. The number of ether oxygens (including phenoxy) is 2. The van der Waals surface area contributed by atoms with Crippen molar-refractivity contribution in [3.8, 4) is 5.75 Å². The fourth-order valence-corrected chi connectivity index (χ4v) is 1.62. The number of benzene rings is 1. The van der Waals surface area contributed by atoms with Crippen LogP contribution in [0.15, 0.2) is 24.3 Å². The first kappa shape index (κ1) is 12.1. The third-order valence-electron chi connectivity index (χ3n) is 2.86. The van der Waals surface area contributed by atoms with Gasteiger partial charge in [-0.2, -0.15) is 0 Å². The van der Waals surface area contributed by atoms with Crippen molar-refractivity contribution in [1.29, 1.82) is 0 Å². The third kappa shape index (κ3) is 3.56. The number of hydrogen-bond donors (Lipinski definition) is 0. The van der Waals surface area contributed by atoms with E-state index in [1.807, 2.05) is 25.1 Å². The Hall–Kier alpha value is -1.35. The largest absolute Gasteiger partial charge is 0.467 e. The van der Waals surface area contributed by atoms with E-state index in [0.717, 1.165) is 12.5 Å². The molecule has 17 heavy (non-hydrogen) atoms. The molecule has 92 valence electrons. The minimum absolute atomic E-state index is 0.0998. The quantitative estimate of drug-likeness (QED) is 0.413. The molecule has 0 aromatic heterocycles.